The Morgan fingerprint density at radius 1 is 1.14 bits per heavy atom. The molecule has 1 aliphatic heterocycles. The summed E-state index contributed by atoms with van der Waals surface area (Å²) < 4.78 is 1.69. The first-order valence-electron chi connectivity index (χ1n) is 9.98. The third-order valence-electron chi connectivity index (χ3n) is 5.57. The maximum atomic E-state index is 12.8. The molecule has 1 N–H and O–H groups in total. The van der Waals surface area contributed by atoms with Crippen LogP contribution in [0.3, 0.4) is 0 Å². The molecule has 1 amide bonds. The molecule has 29 heavy (non-hydrogen) atoms. The molecule has 0 bridgehead atoms. The van der Waals surface area contributed by atoms with Crippen LogP contribution in [0.2, 0.25) is 0 Å². The van der Waals surface area contributed by atoms with Gasteiger partial charge in [0.05, 0.1) is 12.0 Å². The highest BCUT2D eigenvalue weighted by molar-refractivity contribution is 5.97. The molecular weight excluding hydrogens is 368 g/mol. The highest BCUT2D eigenvalue weighted by Gasteiger charge is 2.25. The Bertz CT molecular complexity index is 1090. The zero-order valence-corrected chi connectivity index (χ0v) is 17.1. The van der Waals surface area contributed by atoms with Gasteiger partial charge in [0.25, 0.3) is 11.5 Å². The molecule has 3 aromatic rings. The smallest absolute Gasteiger partial charge is 0.253 e. The van der Waals surface area contributed by atoms with Crippen molar-refractivity contribution in [2.45, 2.75) is 45.6 Å². The van der Waals surface area contributed by atoms with Crippen molar-refractivity contribution < 1.29 is 4.79 Å². The summed E-state index contributed by atoms with van der Waals surface area (Å²) in [5.74, 6) is 0.374. The number of hydrogen-bond acceptors (Lipinski definition) is 5. The summed E-state index contributed by atoms with van der Waals surface area (Å²) >= 11 is 0. The lowest BCUT2D eigenvalue weighted by Gasteiger charge is -2.32. The zero-order chi connectivity index (χ0) is 20.6. The minimum absolute atomic E-state index is 0.00987. The number of carbonyl (C=O) groups is 1. The lowest BCUT2D eigenvalue weighted by molar-refractivity contribution is 0.0682. The predicted octanol–water partition coefficient (Wildman–Crippen LogP) is 2.36. The number of amides is 1. The number of nitrogens with one attached hydrogen (secondary N) is 1. The minimum atomic E-state index is -0.140. The molecule has 0 aliphatic carbocycles. The standard InChI is InChI=1S/C21H26N6O2/c1-21(2,3)18-11-19(28)27(13-22-18)12-14-6-8-26(9-7-14)20(29)15-4-5-16-17(10-15)24-25-23-16/h4-5,10-11,13-14H,6-9,12H2,1-3H3,(H,23,24,25). The van der Waals surface area contributed by atoms with Crippen LogP contribution < -0.4 is 5.56 Å². The van der Waals surface area contributed by atoms with E-state index in [1.807, 2.05) is 25.7 Å². The number of hydrogen-bond donors (Lipinski definition) is 1. The average Bonchev–Trinajstić information content (AvgIpc) is 3.16. The van der Waals surface area contributed by atoms with Crippen molar-refractivity contribution in [3.8, 4) is 0 Å². The monoisotopic (exact) mass is 394 g/mol. The van der Waals surface area contributed by atoms with Crippen LogP contribution in [0.25, 0.3) is 11.0 Å². The van der Waals surface area contributed by atoms with E-state index < -0.39 is 0 Å². The van der Waals surface area contributed by atoms with Crippen molar-refractivity contribution in [1.29, 1.82) is 0 Å². The van der Waals surface area contributed by atoms with Crippen molar-refractivity contribution in [2.75, 3.05) is 13.1 Å². The minimum Gasteiger partial charge on any atom is -0.339 e. The van der Waals surface area contributed by atoms with Gasteiger partial charge in [0, 0.05) is 36.7 Å². The van der Waals surface area contributed by atoms with Gasteiger partial charge in [-0.3, -0.25) is 14.2 Å². The van der Waals surface area contributed by atoms with Crippen molar-refractivity contribution >= 4 is 16.9 Å². The van der Waals surface area contributed by atoms with E-state index in [1.54, 1.807) is 35.2 Å². The van der Waals surface area contributed by atoms with E-state index in [1.165, 1.54) is 0 Å². The van der Waals surface area contributed by atoms with E-state index in [0.29, 0.717) is 36.6 Å². The largest absolute Gasteiger partial charge is 0.339 e. The number of fused-ring (bicyclic) bond motifs is 1. The zero-order valence-electron chi connectivity index (χ0n) is 17.1. The summed E-state index contributed by atoms with van der Waals surface area (Å²) in [6, 6.07) is 7.01. The second kappa shape index (κ2) is 7.42. The van der Waals surface area contributed by atoms with E-state index in [2.05, 4.69) is 20.4 Å². The summed E-state index contributed by atoms with van der Waals surface area (Å²) in [6.07, 6.45) is 3.39. The van der Waals surface area contributed by atoms with Gasteiger partial charge in [-0.05, 0) is 37.0 Å². The van der Waals surface area contributed by atoms with Gasteiger partial charge in [-0.15, -0.1) is 0 Å². The van der Waals surface area contributed by atoms with Crippen molar-refractivity contribution in [1.82, 2.24) is 29.9 Å². The molecule has 3 heterocycles. The van der Waals surface area contributed by atoms with Gasteiger partial charge in [0.15, 0.2) is 0 Å². The Kier molecular flexibility index (Phi) is 4.94. The fraction of sp³-hybridized carbons (Fsp3) is 0.476. The van der Waals surface area contributed by atoms with E-state index in [4.69, 9.17) is 0 Å². The van der Waals surface area contributed by atoms with Crippen LogP contribution in [-0.2, 0) is 12.0 Å². The van der Waals surface area contributed by atoms with Crippen LogP contribution in [0.1, 0.15) is 49.7 Å². The molecule has 1 fully saturated rings. The fourth-order valence-corrected chi connectivity index (χ4v) is 3.73. The highest BCUT2D eigenvalue weighted by atomic mass is 16.2. The normalized spacial score (nSPS) is 15.8. The van der Waals surface area contributed by atoms with Crippen molar-refractivity contribution in [3.05, 3.63) is 52.2 Å². The summed E-state index contributed by atoms with van der Waals surface area (Å²) in [7, 11) is 0. The molecule has 1 saturated heterocycles. The second-order valence-electron chi connectivity index (χ2n) is 8.78. The number of aromatic nitrogens is 5. The van der Waals surface area contributed by atoms with Crippen molar-refractivity contribution in [2.24, 2.45) is 5.92 Å². The highest BCUT2D eigenvalue weighted by Crippen LogP contribution is 2.22. The molecule has 0 unspecified atom stereocenters. The molecule has 8 nitrogen and oxygen atoms in total. The second-order valence-corrected chi connectivity index (χ2v) is 8.78. The lowest BCUT2D eigenvalue weighted by atomic mass is 9.92. The number of benzene rings is 1. The molecule has 4 rings (SSSR count). The number of likely N-dealkylation sites (tertiary alicyclic amines) is 1. The average molecular weight is 394 g/mol. The first-order chi connectivity index (χ1) is 13.8. The summed E-state index contributed by atoms with van der Waals surface area (Å²) in [6.45, 7) is 8.15. The lowest BCUT2D eigenvalue weighted by Crippen LogP contribution is -2.40. The molecule has 2 aromatic heterocycles. The van der Waals surface area contributed by atoms with Crippen LogP contribution >= 0.6 is 0 Å². The molecule has 0 saturated carbocycles. The number of piperidine rings is 1. The van der Waals surface area contributed by atoms with Crippen LogP contribution in [0.15, 0.2) is 35.4 Å². The van der Waals surface area contributed by atoms with Gasteiger partial charge in [0.1, 0.15) is 11.0 Å². The molecule has 0 spiro atoms. The third kappa shape index (κ3) is 4.06. The number of carbonyl (C=O) groups excluding carboxylic acids is 1. The maximum Gasteiger partial charge on any atom is 0.253 e. The molecule has 0 radical (unpaired) electrons. The topological polar surface area (TPSA) is 96.8 Å². The number of H-pyrrole nitrogens is 1. The predicted molar refractivity (Wildman–Crippen MR) is 110 cm³/mol. The van der Waals surface area contributed by atoms with Crippen LogP contribution in [0, 0.1) is 5.92 Å². The van der Waals surface area contributed by atoms with Gasteiger partial charge >= 0.3 is 0 Å². The number of aromatic amines is 1. The summed E-state index contributed by atoms with van der Waals surface area (Å²) in [4.78, 5) is 31.6. The van der Waals surface area contributed by atoms with E-state index in [-0.39, 0.29) is 16.9 Å². The van der Waals surface area contributed by atoms with Gasteiger partial charge in [-0.25, -0.2) is 4.98 Å². The number of rotatable bonds is 3. The molecule has 152 valence electrons. The Balaban J connectivity index is 1.38. The Morgan fingerprint density at radius 3 is 2.55 bits per heavy atom. The molecule has 8 heteroatoms. The third-order valence-corrected chi connectivity index (χ3v) is 5.57. The molecule has 0 atom stereocenters. The Labute approximate surface area is 168 Å². The first kappa shape index (κ1) is 19.3. The van der Waals surface area contributed by atoms with Gasteiger partial charge < -0.3 is 4.90 Å². The van der Waals surface area contributed by atoms with Crippen LogP contribution in [0.5, 0.6) is 0 Å². The summed E-state index contributed by atoms with van der Waals surface area (Å²) in [5.41, 5.74) is 2.72. The van der Waals surface area contributed by atoms with E-state index in [0.717, 1.165) is 24.1 Å². The van der Waals surface area contributed by atoms with Crippen molar-refractivity contribution in [3.63, 3.8) is 0 Å². The Morgan fingerprint density at radius 2 is 1.86 bits per heavy atom. The first-order valence-corrected chi connectivity index (χ1v) is 9.98. The summed E-state index contributed by atoms with van der Waals surface area (Å²) in [5, 5.41) is 10.6. The van der Waals surface area contributed by atoms with E-state index in [9.17, 15) is 9.59 Å². The number of nitrogens with zero attached hydrogens (tertiary/aromatic N) is 5. The fourth-order valence-electron chi connectivity index (χ4n) is 3.73. The van der Waals surface area contributed by atoms with E-state index >= 15 is 0 Å². The SMILES string of the molecule is CC(C)(C)c1cc(=O)n(CC2CCN(C(=O)c3ccc4n[nH]nc4c3)CC2)cn1. The maximum absolute atomic E-state index is 12.8. The quantitative estimate of drug-likeness (QED) is 0.736. The van der Waals surface area contributed by atoms with Crippen LogP contribution in [-0.4, -0.2) is 48.9 Å². The van der Waals surface area contributed by atoms with Gasteiger partial charge in [0.2, 0.25) is 0 Å². The van der Waals surface area contributed by atoms with Gasteiger partial charge in [-0.2, -0.15) is 15.4 Å². The van der Waals surface area contributed by atoms with Crippen LogP contribution in [0.4, 0.5) is 0 Å². The molecule has 1 aliphatic rings. The molecular formula is C21H26N6O2. The molecule has 1 aromatic carbocycles. The Hall–Kier alpha value is -3.03. The van der Waals surface area contributed by atoms with Gasteiger partial charge in [-0.1, -0.05) is 20.8 Å².